The fraction of sp³-hybridized carbons (Fsp3) is 0.556. The lowest BCUT2D eigenvalue weighted by atomic mass is 9.97. The molecule has 0 saturated carbocycles. The molecule has 0 amide bonds. The highest BCUT2D eigenvalue weighted by atomic mass is 16.5. The molecule has 2 unspecified atom stereocenters. The van der Waals surface area contributed by atoms with Crippen LogP contribution in [-0.2, 0) is 9.47 Å². The molecule has 3 heteroatoms. The zero-order valence-corrected chi connectivity index (χ0v) is 7.57. The van der Waals surface area contributed by atoms with Crippen molar-refractivity contribution in [2.24, 2.45) is 5.92 Å². The highest BCUT2D eigenvalue weighted by Crippen LogP contribution is 2.23. The average molecular weight is 170 g/mol. The van der Waals surface area contributed by atoms with Crippen LogP contribution in [-0.4, -0.2) is 25.4 Å². The molecule has 2 atom stereocenters. The van der Waals surface area contributed by atoms with Gasteiger partial charge in [-0.2, -0.15) is 0 Å². The maximum Gasteiger partial charge on any atom is 0.120 e. The van der Waals surface area contributed by atoms with Crippen LogP contribution in [0, 0.1) is 5.92 Å². The number of hydrogen-bond acceptors (Lipinski definition) is 3. The zero-order valence-electron chi connectivity index (χ0n) is 7.57. The van der Waals surface area contributed by atoms with Gasteiger partial charge in [0, 0.05) is 19.1 Å². The molecule has 1 aliphatic rings. The van der Waals surface area contributed by atoms with Crippen molar-refractivity contribution in [2.75, 3.05) is 14.2 Å². The van der Waals surface area contributed by atoms with Crippen LogP contribution in [0.2, 0.25) is 0 Å². The van der Waals surface area contributed by atoms with Crippen molar-refractivity contribution in [3.8, 4) is 0 Å². The van der Waals surface area contributed by atoms with E-state index >= 15 is 0 Å². The molecule has 0 aromatic rings. The fourth-order valence-corrected chi connectivity index (χ4v) is 1.20. The summed E-state index contributed by atoms with van der Waals surface area (Å²) in [6, 6.07) is 0. The van der Waals surface area contributed by atoms with Gasteiger partial charge in [-0.05, 0) is 6.08 Å². The number of hydrogen-bond donors (Lipinski definition) is 1. The Labute approximate surface area is 72.3 Å². The first-order valence-electron chi connectivity index (χ1n) is 3.88. The summed E-state index contributed by atoms with van der Waals surface area (Å²) in [6.07, 6.45) is 3.37. The third-order valence-electron chi connectivity index (χ3n) is 2.09. The van der Waals surface area contributed by atoms with E-state index in [0.717, 1.165) is 0 Å². The number of rotatable bonds is 2. The molecule has 0 aliphatic heterocycles. The van der Waals surface area contributed by atoms with E-state index in [2.05, 4.69) is 0 Å². The van der Waals surface area contributed by atoms with Crippen LogP contribution in [0.15, 0.2) is 23.7 Å². The predicted octanol–water partition coefficient (Wildman–Crippen LogP) is 1.62. The van der Waals surface area contributed by atoms with E-state index in [0.29, 0.717) is 11.5 Å². The number of ether oxygens (including phenoxy) is 2. The van der Waals surface area contributed by atoms with Crippen LogP contribution < -0.4 is 0 Å². The van der Waals surface area contributed by atoms with Crippen LogP contribution in [0.25, 0.3) is 0 Å². The van der Waals surface area contributed by atoms with Gasteiger partial charge in [-0.3, -0.25) is 0 Å². The Morgan fingerprint density at radius 1 is 1.42 bits per heavy atom. The van der Waals surface area contributed by atoms with Gasteiger partial charge in [-0.15, -0.1) is 0 Å². The van der Waals surface area contributed by atoms with Gasteiger partial charge in [0.25, 0.3) is 0 Å². The Kier molecular flexibility index (Phi) is 2.76. The first kappa shape index (κ1) is 9.13. The number of methoxy groups -OCH3 is 2. The van der Waals surface area contributed by atoms with Gasteiger partial charge < -0.3 is 14.6 Å². The largest absolute Gasteiger partial charge is 0.512 e. The van der Waals surface area contributed by atoms with Crippen molar-refractivity contribution in [2.45, 2.75) is 13.0 Å². The van der Waals surface area contributed by atoms with E-state index in [9.17, 15) is 5.11 Å². The molecule has 0 saturated heterocycles. The maximum atomic E-state index is 9.44. The molecule has 1 aliphatic carbocycles. The van der Waals surface area contributed by atoms with E-state index in [1.54, 1.807) is 20.3 Å². The Morgan fingerprint density at radius 2 is 2.08 bits per heavy atom. The van der Waals surface area contributed by atoms with Crippen LogP contribution in [0.3, 0.4) is 0 Å². The summed E-state index contributed by atoms with van der Waals surface area (Å²) in [4.78, 5) is 0. The molecular weight excluding hydrogens is 156 g/mol. The molecule has 0 heterocycles. The Hall–Kier alpha value is -0.960. The van der Waals surface area contributed by atoms with Crippen molar-refractivity contribution < 1.29 is 14.6 Å². The summed E-state index contributed by atoms with van der Waals surface area (Å²) in [5, 5.41) is 9.44. The number of allylic oxidation sites excluding steroid dienone is 1. The summed E-state index contributed by atoms with van der Waals surface area (Å²) >= 11 is 0. The lowest BCUT2D eigenvalue weighted by molar-refractivity contribution is 0.0841. The van der Waals surface area contributed by atoms with E-state index in [1.807, 2.05) is 13.0 Å². The summed E-state index contributed by atoms with van der Waals surface area (Å²) in [5.41, 5.74) is 0. The summed E-state index contributed by atoms with van der Waals surface area (Å²) in [7, 11) is 3.18. The Bertz CT molecular complexity index is 218. The van der Waals surface area contributed by atoms with Gasteiger partial charge in [0.1, 0.15) is 11.5 Å². The molecule has 0 aromatic heterocycles. The van der Waals surface area contributed by atoms with Gasteiger partial charge in [-0.25, -0.2) is 0 Å². The third-order valence-corrected chi connectivity index (χ3v) is 2.09. The SMILES string of the molecule is COC1=CC(OC)C(C)C(O)=C1. The van der Waals surface area contributed by atoms with Gasteiger partial charge in [0.05, 0.1) is 13.2 Å². The minimum atomic E-state index is -0.0926. The highest BCUT2D eigenvalue weighted by molar-refractivity contribution is 5.24. The fourth-order valence-electron chi connectivity index (χ4n) is 1.20. The summed E-state index contributed by atoms with van der Waals surface area (Å²) < 4.78 is 10.1. The van der Waals surface area contributed by atoms with Crippen molar-refractivity contribution >= 4 is 0 Å². The molecule has 0 bridgehead atoms. The average Bonchev–Trinajstić information content (AvgIpc) is 2.09. The molecule has 0 fully saturated rings. The van der Waals surface area contributed by atoms with E-state index in [-0.39, 0.29) is 12.0 Å². The lowest BCUT2D eigenvalue weighted by Crippen LogP contribution is -2.23. The summed E-state index contributed by atoms with van der Waals surface area (Å²) in [6.45, 7) is 1.91. The number of aliphatic hydroxyl groups excluding tert-OH is 1. The molecule has 1 rings (SSSR count). The molecule has 1 N–H and O–H groups in total. The van der Waals surface area contributed by atoms with Crippen molar-refractivity contribution in [1.29, 1.82) is 0 Å². The van der Waals surface area contributed by atoms with Crippen molar-refractivity contribution in [1.82, 2.24) is 0 Å². The van der Waals surface area contributed by atoms with Gasteiger partial charge >= 0.3 is 0 Å². The van der Waals surface area contributed by atoms with Crippen LogP contribution >= 0.6 is 0 Å². The minimum Gasteiger partial charge on any atom is -0.512 e. The molecule has 0 radical (unpaired) electrons. The lowest BCUT2D eigenvalue weighted by Gasteiger charge is -2.23. The van der Waals surface area contributed by atoms with Crippen molar-refractivity contribution in [3.05, 3.63) is 23.7 Å². The zero-order chi connectivity index (χ0) is 9.14. The topological polar surface area (TPSA) is 38.7 Å². The van der Waals surface area contributed by atoms with E-state index in [1.165, 1.54) is 0 Å². The smallest absolute Gasteiger partial charge is 0.120 e. The first-order chi connectivity index (χ1) is 5.69. The van der Waals surface area contributed by atoms with Crippen LogP contribution in [0.4, 0.5) is 0 Å². The van der Waals surface area contributed by atoms with Gasteiger partial charge in [0.15, 0.2) is 0 Å². The first-order valence-corrected chi connectivity index (χ1v) is 3.88. The van der Waals surface area contributed by atoms with Crippen LogP contribution in [0.5, 0.6) is 0 Å². The second-order valence-corrected chi connectivity index (χ2v) is 2.83. The quantitative estimate of drug-likeness (QED) is 0.684. The molecule has 0 aromatic carbocycles. The molecule has 68 valence electrons. The summed E-state index contributed by atoms with van der Waals surface area (Å²) in [5.74, 6) is 0.965. The normalized spacial score (nSPS) is 29.2. The second kappa shape index (κ2) is 3.63. The molecule has 3 nitrogen and oxygen atoms in total. The van der Waals surface area contributed by atoms with Crippen molar-refractivity contribution in [3.63, 3.8) is 0 Å². The predicted molar refractivity (Wildman–Crippen MR) is 45.8 cm³/mol. The minimum absolute atomic E-state index is 0.00824. The maximum absolute atomic E-state index is 9.44. The highest BCUT2D eigenvalue weighted by Gasteiger charge is 2.23. The standard InChI is InChI=1S/C9H14O3/c1-6-8(10)4-7(11-2)5-9(6)12-3/h4-6,9-10H,1-3H3. The number of aliphatic hydroxyl groups is 1. The monoisotopic (exact) mass is 170 g/mol. The van der Waals surface area contributed by atoms with E-state index < -0.39 is 0 Å². The molecule has 0 spiro atoms. The Morgan fingerprint density at radius 3 is 2.58 bits per heavy atom. The van der Waals surface area contributed by atoms with Gasteiger partial charge in [-0.1, -0.05) is 6.92 Å². The van der Waals surface area contributed by atoms with E-state index in [4.69, 9.17) is 9.47 Å². The van der Waals surface area contributed by atoms with Crippen LogP contribution in [0.1, 0.15) is 6.92 Å². The second-order valence-electron chi connectivity index (χ2n) is 2.83. The Balaban J connectivity index is 2.82. The third kappa shape index (κ3) is 1.61. The van der Waals surface area contributed by atoms with Gasteiger partial charge in [0.2, 0.25) is 0 Å². The molecule has 12 heavy (non-hydrogen) atoms. The molecular formula is C9H14O3.